The normalized spacial score (nSPS) is 12.4. The Morgan fingerprint density at radius 3 is 2.42 bits per heavy atom. The van der Waals surface area contributed by atoms with Gasteiger partial charge in [0.25, 0.3) is 0 Å². The van der Waals surface area contributed by atoms with Crippen LogP contribution in [0.5, 0.6) is 0 Å². The fourth-order valence-corrected chi connectivity index (χ4v) is 5.15. The number of anilines is 1. The minimum absolute atomic E-state index is 0.0426. The number of alkyl halides is 3. The standard InChI is InChI=1S/C27H23ClF3N5O3S/c1-16-34-25(27(29,30)31)14-36(16)23-7-5-17(18-3-4-19(15-37)24(12-18)40(2,38)39)11-21(23)22(9-10-32)35-20-6-8-26(28)33-13-20/h3-14,32,35,37H,15H2,1-2H3/b22-9-,32-10?. The number of aliphatic hydroxyl groups is 1. The van der Waals surface area contributed by atoms with Gasteiger partial charge in [0.05, 0.1) is 29.1 Å². The van der Waals surface area contributed by atoms with Crippen molar-refractivity contribution in [2.45, 2.75) is 24.6 Å². The third kappa shape index (κ3) is 6.24. The van der Waals surface area contributed by atoms with Crippen molar-refractivity contribution >= 4 is 39.0 Å². The fraction of sp³-hybridized carbons (Fsp3) is 0.148. The van der Waals surface area contributed by atoms with E-state index in [2.05, 4.69) is 15.3 Å². The van der Waals surface area contributed by atoms with Gasteiger partial charge in [0, 0.05) is 29.9 Å². The Balaban J connectivity index is 1.95. The summed E-state index contributed by atoms with van der Waals surface area (Å²) in [6.45, 7) is 0.967. The first-order chi connectivity index (χ1) is 18.8. The lowest BCUT2D eigenvalue weighted by Gasteiger charge is -2.18. The number of aliphatic hydroxyl groups excluding tert-OH is 1. The van der Waals surface area contributed by atoms with Gasteiger partial charge in [0.1, 0.15) is 11.0 Å². The van der Waals surface area contributed by atoms with Gasteiger partial charge >= 0.3 is 6.18 Å². The molecule has 208 valence electrons. The first-order valence-corrected chi connectivity index (χ1v) is 13.9. The number of rotatable bonds is 8. The molecule has 13 heteroatoms. The topological polar surface area (TPSA) is 121 Å². The van der Waals surface area contributed by atoms with Crippen LogP contribution in [0.1, 0.15) is 22.6 Å². The Morgan fingerprint density at radius 1 is 1.15 bits per heavy atom. The lowest BCUT2D eigenvalue weighted by Crippen LogP contribution is -2.07. The van der Waals surface area contributed by atoms with Gasteiger partial charge in [-0.25, -0.2) is 18.4 Å². The molecular formula is C27H23ClF3N5O3S. The van der Waals surface area contributed by atoms with Crippen LogP contribution in [-0.4, -0.2) is 40.5 Å². The van der Waals surface area contributed by atoms with E-state index in [0.29, 0.717) is 33.8 Å². The van der Waals surface area contributed by atoms with Gasteiger partial charge in [-0.15, -0.1) is 0 Å². The van der Waals surface area contributed by atoms with Gasteiger partial charge in [-0.05, 0) is 60.0 Å². The van der Waals surface area contributed by atoms with Crippen molar-refractivity contribution in [3.8, 4) is 16.8 Å². The maximum atomic E-state index is 13.5. The predicted octanol–water partition coefficient (Wildman–Crippen LogP) is 5.91. The molecule has 0 aliphatic heterocycles. The van der Waals surface area contributed by atoms with E-state index >= 15 is 0 Å². The number of nitrogens with one attached hydrogen (secondary N) is 2. The van der Waals surface area contributed by atoms with E-state index < -0.39 is 28.3 Å². The highest BCUT2D eigenvalue weighted by Gasteiger charge is 2.34. The SMILES string of the molecule is Cc1nc(C(F)(F)F)cn1-c1ccc(-c2ccc(CO)c(S(C)(=O)=O)c2)cc1/C(=C/C=N)Nc1ccc(Cl)nc1. The third-order valence-electron chi connectivity index (χ3n) is 5.95. The number of nitrogens with zero attached hydrogens (tertiary/aromatic N) is 3. The average Bonchev–Trinajstić information content (AvgIpc) is 3.30. The van der Waals surface area contributed by atoms with Crippen LogP contribution in [0.15, 0.2) is 71.9 Å². The molecule has 4 rings (SSSR count). The Kier molecular flexibility index (Phi) is 8.15. The van der Waals surface area contributed by atoms with E-state index in [1.165, 1.54) is 35.9 Å². The molecule has 0 aliphatic carbocycles. The first kappa shape index (κ1) is 29.0. The molecule has 8 nitrogen and oxygen atoms in total. The van der Waals surface area contributed by atoms with Gasteiger partial charge in [0.2, 0.25) is 0 Å². The van der Waals surface area contributed by atoms with Crippen LogP contribution in [0, 0.1) is 12.3 Å². The summed E-state index contributed by atoms with van der Waals surface area (Å²) < 4.78 is 66.4. The Labute approximate surface area is 233 Å². The molecular weight excluding hydrogens is 567 g/mol. The van der Waals surface area contributed by atoms with E-state index in [9.17, 15) is 26.7 Å². The molecule has 0 saturated carbocycles. The molecule has 40 heavy (non-hydrogen) atoms. The molecule has 0 bridgehead atoms. The largest absolute Gasteiger partial charge is 0.434 e. The highest BCUT2D eigenvalue weighted by Crippen LogP contribution is 2.34. The Morgan fingerprint density at radius 2 is 1.85 bits per heavy atom. The number of allylic oxidation sites excluding steroid dienone is 1. The minimum atomic E-state index is -4.66. The van der Waals surface area contributed by atoms with Gasteiger partial charge in [0.15, 0.2) is 15.5 Å². The molecule has 0 spiro atoms. The number of benzene rings is 2. The Bertz CT molecular complexity index is 1720. The van der Waals surface area contributed by atoms with Crippen LogP contribution in [0.2, 0.25) is 5.15 Å². The maximum absolute atomic E-state index is 13.5. The van der Waals surface area contributed by atoms with Crippen molar-refractivity contribution in [3.05, 3.63) is 94.8 Å². The van der Waals surface area contributed by atoms with E-state index in [-0.39, 0.29) is 21.4 Å². The Hall–Kier alpha value is -4.00. The number of halogens is 4. The van der Waals surface area contributed by atoms with E-state index in [1.54, 1.807) is 36.4 Å². The van der Waals surface area contributed by atoms with Crippen molar-refractivity contribution in [1.29, 1.82) is 5.41 Å². The zero-order chi connectivity index (χ0) is 29.2. The highest BCUT2D eigenvalue weighted by atomic mass is 35.5. The zero-order valence-electron chi connectivity index (χ0n) is 21.2. The summed E-state index contributed by atoms with van der Waals surface area (Å²) >= 11 is 5.89. The number of aryl methyl sites for hydroxylation is 1. The number of hydrogen-bond donors (Lipinski definition) is 3. The summed E-state index contributed by atoms with van der Waals surface area (Å²) in [6, 6.07) is 12.6. The minimum Gasteiger partial charge on any atom is -0.392 e. The molecule has 3 N–H and O–H groups in total. The molecule has 2 heterocycles. The summed E-state index contributed by atoms with van der Waals surface area (Å²) in [4.78, 5) is 7.66. The van der Waals surface area contributed by atoms with Crippen molar-refractivity contribution in [1.82, 2.24) is 14.5 Å². The number of pyridine rings is 1. The highest BCUT2D eigenvalue weighted by molar-refractivity contribution is 7.90. The lowest BCUT2D eigenvalue weighted by atomic mass is 9.98. The zero-order valence-corrected chi connectivity index (χ0v) is 22.7. The molecule has 2 aromatic carbocycles. The van der Waals surface area contributed by atoms with Crippen LogP contribution in [0.3, 0.4) is 0 Å². The molecule has 4 aromatic rings. The van der Waals surface area contributed by atoms with E-state index in [4.69, 9.17) is 17.0 Å². The molecule has 0 fully saturated rings. The monoisotopic (exact) mass is 589 g/mol. The van der Waals surface area contributed by atoms with Crippen molar-refractivity contribution in [2.75, 3.05) is 11.6 Å². The second-order valence-corrected chi connectivity index (χ2v) is 11.1. The summed E-state index contributed by atoms with van der Waals surface area (Å²) in [5.74, 6) is 0.0790. The second kappa shape index (κ2) is 11.2. The number of imidazole rings is 1. The summed E-state index contributed by atoms with van der Waals surface area (Å²) in [5.41, 5.74) is 1.74. The van der Waals surface area contributed by atoms with Crippen molar-refractivity contribution in [3.63, 3.8) is 0 Å². The quantitative estimate of drug-likeness (QED) is 0.173. The van der Waals surface area contributed by atoms with Gasteiger partial charge in [-0.2, -0.15) is 13.2 Å². The van der Waals surface area contributed by atoms with Crippen LogP contribution < -0.4 is 5.32 Å². The van der Waals surface area contributed by atoms with Gasteiger partial charge in [-0.1, -0.05) is 29.8 Å². The number of aromatic nitrogens is 3. The summed E-state index contributed by atoms with van der Waals surface area (Å²) in [6.07, 6.45) is 1.16. The summed E-state index contributed by atoms with van der Waals surface area (Å²) in [5, 5.41) is 20.7. The van der Waals surface area contributed by atoms with Gasteiger partial charge < -0.3 is 20.4 Å². The molecule has 0 aliphatic rings. The van der Waals surface area contributed by atoms with Crippen molar-refractivity contribution < 1.29 is 26.7 Å². The van der Waals surface area contributed by atoms with Crippen LogP contribution in [-0.2, 0) is 22.6 Å². The smallest absolute Gasteiger partial charge is 0.392 e. The van der Waals surface area contributed by atoms with Crippen LogP contribution in [0.25, 0.3) is 22.5 Å². The number of hydrogen-bond acceptors (Lipinski definition) is 7. The first-order valence-electron chi connectivity index (χ1n) is 11.6. The second-order valence-electron chi connectivity index (χ2n) is 8.77. The summed E-state index contributed by atoms with van der Waals surface area (Å²) in [7, 11) is -3.67. The lowest BCUT2D eigenvalue weighted by molar-refractivity contribution is -0.141. The van der Waals surface area contributed by atoms with Crippen molar-refractivity contribution in [2.24, 2.45) is 0 Å². The van der Waals surface area contributed by atoms with E-state index in [1.807, 2.05) is 0 Å². The molecule has 2 aromatic heterocycles. The van der Waals surface area contributed by atoms with Crippen LogP contribution >= 0.6 is 11.6 Å². The predicted molar refractivity (Wildman–Crippen MR) is 147 cm³/mol. The molecule has 0 atom stereocenters. The maximum Gasteiger partial charge on any atom is 0.434 e. The molecule has 0 unspecified atom stereocenters. The van der Waals surface area contributed by atoms with E-state index in [0.717, 1.165) is 18.7 Å². The molecule has 0 amide bonds. The molecule has 0 saturated heterocycles. The fourth-order valence-electron chi connectivity index (χ4n) is 4.09. The van der Waals surface area contributed by atoms with Crippen LogP contribution in [0.4, 0.5) is 18.9 Å². The number of sulfone groups is 1. The van der Waals surface area contributed by atoms with Gasteiger partial charge in [-0.3, -0.25) is 0 Å². The average molecular weight is 590 g/mol. The third-order valence-corrected chi connectivity index (χ3v) is 7.35. The molecule has 0 radical (unpaired) electrons.